The standard InChI is InChI=1S/C14H23FN2O2S2/c1-20-9-5-3-2-4-8-17-21(18,19)14-10-13(15)7-6-12(14)11-16/h6-7,10,17H,2-5,8-9,11,16H2,1H3. The first-order chi connectivity index (χ1) is 10.0. The summed E-state index contributed by atoms with van der Waals surface area (Å²) in [7, 11) is -3.70. The maximum Gasteiger partial charge on any atom is 0.240 e. The Labute approximate surface area is 130 Å². The molecule has 0 radical (unpaired) electrons. The Morgan fingerprint density at radius 3 is 2.62 bits per heavy atom. The molecule has 0 aliphatic heterocycles. The molecule has 0 saturated heterocycles. The summed E-state index contributed by atoms with van der Waals surface area (Å²) in [6.07, 6.45) is 6.07. The Balaban J connectivity index is 2.52. The van der Waals surface area contributed by atoms with Crippen LogP contribution >= 0.6 is 11.8 Å². The number of benzene rings is 1. The summed E-state index contributed by atoms with van der Waals surface area (Å²) in [5.74, 6) is 0.555. The topological polar surface area (TPSA) is 72.2 Å². The minimum absolute atomic E-state index is 0.0607. The predicted octanol–water partition coefficient (Wildman–Crippen LogP) is 2.49. The van der Waals surface area contributed by atoms with E-state index in [0.717, 1.165) is 37.5 Å². The minimum atomic E-state index is -3.70. The van der Waals surface area contributed by atoms with Gasteiger partial charge in [-0.05, 0) is 42.5 Å². The zero-order valence-electron chi connectivity index (χ0n) is 12.3. The van der Waals surface area contributed by atoms with Gasteiger partial charge in [-0.3, -0.25) is 0 Å². The molecule has 0 amide bonds. The van der Waals surface area contributed by atoms with Gasteiger partial charge in [0.1, 0.15) is 5.82 Å². The third kappa shape index (κ3) is 6.34. The van der Waals surface area contributed by atoms with Gasteiger partial charge < -0.3 is 5.73 Å². The summed E-state index contributed by atoms with van der Waals surface area (Å²) in [5, 5.41) is 0. The zero-order chi connectivity index (χ0) is 15.7. The van der Waals surface area contributed by atoms with E-state index in [-0.39, 0.29) is 11.4 Å². The molecule has 0 spiro atoms. The van der Waals surface area contributed by atoms with Crippen LogP contribution in [0.1, 0.15) is 31.2 Å². The fraction of sp³-hybridized carbons (Fsp3) is 0.571. The zero-order valence-corrected chi connectivity index (χ0v) is 13.9. The first-order valence-corrected chi connectivity index (χ1v) is 9.86. The number of thioether (sulfide) groups is 1. The van der Waals surface area contributed by atoms with Crippen molar-refractivity contribution in [3.63, 3.8) is 0 Å². The third-order valence-electron chi connectivity index (χ3n) is 3.11. The number of halogens is 1. The second-order valence-electron chi connectivity index (χ2n) is 4.76. The van der Waals surface area contributed by atoms with Crippen molar-refractivity contribution < 1.29 is 12.8 Å². The third-order valence-corrected chi connectivity index (χ3v) is 5.35. The Bertz CT molecular complexity index is 536. The Morgan fingerprint density at radius 2 is 1.95 bits per heavy atom. The smallest absolute Gasteiger partial charge is 0.240 e. The van der Waals surface area contributed by atoms with E-state index in [1.807, 2.05) is 11.8 Å². The molecule has 0 aliphatic carbocycles. The van der Waals surface area contributed by atoms with Crippen molar-refractivity contribution in [2.45, 2.75) is 37.1 Å². The fourth-order valence-corrected chi connectivity index (χ4v) is 3.78. The quantitative estimate of drug-likeness (QED) is 0.645. The fourth-order valence-electron chi connectivity index (χ4n) is 1.96. The van der Waals surface area contributed by atoms with E-state index in [1.165, 1.54) is 12.1 Å². The van der Waals surface area contributed by atoms with Crippen LogP contribution in [-0.2, 0) is 16.6 Å². The summed E-state index contributed by atoms with van der Waals surface area (Å²) < 4.78 is 40.1. The van der Waals surface area contributed by atoms with E-state index < -0.39 is 15.8 Å². The van der Waals surface area contributed by atoms with Gasteiger partial charge in [0.05, 0.1) is 4.90 Å². The van der Waals surface area contributed by atoms with E-state index >= 15 is 0 Å². The van der Waals surface area contributed by atoms with Crippen molar-refractivity contribution in [3.8, 4) is 0 Å². The predicted molar refractivity (Wildman–Crippen MR) is 86.3 cm³/mol. The molecular formula is C14H23FN2O2S2. The van der Waals surface area contributed by atoms with Gasteiger partial charge in [0, 0.05) is 13.1 Å². The van der Waals surface area contributed by atoms with Gasteiger partial charge in [-0.15, -0.1) is 0 Å². The Hall–Kier alpha value is -0.630. The molecule has 1 aromatic rings. The lowest BCUT2D eigenvalue weighted by atomic mass is 10.2. The van der Waals surface area contributed by atoms with Gasteiger partial charge in [-0.2, -0.15) is 11.8 Å². The van der Waals surface area contributed by atoms with Crippen molar-refractivity contribution in [1.29, 1.82) is 0 Å². The molecule has 0 saturated carbocycles. The normalized spacial score (nSPS) is 11.8. The summed E-state index contributed by atoms with van der Waals surface area (Å²) in [6, 6.07) is 3.64. The minimum Gasteiger partial charge on any atom is -0.326 e. The van der Waals surface area contributed by atoms with Crippen LogP contribution in [0.5, 0.6) is 0 Å². The van der Waals surface area contributed by atoms with Crippen LogP contribution in [0.2, 0.25) is 0 Å². The lowest BCUT2D eigenvalue weighted by Gasteiger charge is -2.10. The molecule has 1 aromatic carbocycles. The molecule has 0 bridgehead atoms. The van der Waals surface area contributed by atoms with Gasteiger partial charge in [-0.1, -0.05) is 18.9 Å². The van der Waals surface area contributed by atoms with Crippen molar-refractivity contribution in [3.05, 3.63) is 29.6 Å². The van der Waals surface area contributed by atoms with E-state index in [9.17, 15) is 12.8 Å². The first-order valence-electron chi connectivity index (χ1n) is 6.98. The lowest BCUT2D eigenvalue weighted by Crippen LogP contribution is -2.26. The number of unbranched alkanes of at least 4 members (excludes halogenated alkanes) is 3. The van der Waals surface area contributed by atoms with Gasteiger partial charge in [0.2, 0.25) is 10.0 Å². The van der Waals surface area contributed by atoms with Crippen LogP contribution in [-0.4, -0.2) is 27.0 Å². The summed E-state index contributed by atoms with van der Waals surface area (Å²) in [4.78, 5) is -0.0626. The number of hydrogen-bond acceptors (Lipinski definition) is 4. The highest BCUT2D eigenvalue weighted by molar-refractivity contribution is 7.98. The molecule has 0 atom stereocenters. The molecule has 1 rings (SSSR count). The van der Waals surface area contributed by atoms with Gasteiger partial charge in [0.15, 0.2) is 0 Å². The van der Waals surface area contributed by atoms with Gasteiger partial charge in [-0.25, -0.2) is 17.5 Å². The van der Waals surface area contributed by atoms with E-state index in [2.05, 4.69) is 11.0 Å². The van der Waals surface area contributed by atoms with Gasteiger partial charge in [0.25, 0.3) is 0 Å². The maximum atomic E-state index is 13.2. The molecule has 120 valence electrons. The largest absolute Gasteiger partial charge is 0.326 e. The molecule has 21 heavy (non-hydrogen) atoms. The van der Waals surface area contributed by atoms with Crippen LogP contribution in [0.15, 0.2) is 23.1 Å². The van der Waals surface area contributed by atoms with Crippen LogP contribution in [0.25, 0.3) is 0 Å². The van der Waals surface area contributed by atoms with Gasteiger partial charge >= 0.3 is 0 Å². The Morgan fingerprint density at radius 1 is 1.24 bits per heavy atom. The van der Waals surface area contributed by atoms with E-state index in [1.54, 1.807) is 0 Å². The summed E-state index contributed by atoms with van der Waals surface area (Å²) >= 11 is 1.81. The molecule has 4 nitrogen and oxygen atoms in total. The highest BCUT2D eigenvalue weighted by Gasteiger charge is 2.18. The number of nitrogens with one attached hydrogen (secondary N) is 1. The summed E-state index contributed by atoms with van der Waals surface area (Å²) in [5.41, 5.74) is 5.92. The van der Waals surface area contributed by atoms with Crippen molar-refractivity contribution in [1.82, 2.24) is 4.72 Å². The summed E-state index contributed by atoms with van der Waals surface area (Å²) in [6.45, 7) is 0.424. The second kappa shape index (κ2) is 9.40. The number of hydrogen-bond donors (Lipinski definition) is 2. The molecule has 3 N–H and O–H groups in total. The number of nitrogens with two attached hydrogens (primary N) is 1. The molecule has 0 heterocycles. The highest BCUT2D eigenvalue weighted by Crippen LogP contribution is 2.17. The number of sulfonamides is 1. The van der Waals surface area contributed by atoms with Crippen LogP contribution in [0.3, 0.4) is 0 Å². The highest BCUT2D eigenvalue weighted by atomic mass is 32.2. The van der Waals surface area contributed by atoms with Crippen LogP contribution < -0.4 is 10.5 Å². The van der Waals surface area contributed by atoms with E-state index in [0.29, 0.717) is 12.1 Å². The molecule has 0 fully saturated rings. The monoisotopic (exact) mass is 334 g/mol. The average Bonchev–Trinajstić information content (AvgIpc) is 2.46. The van der Waals surface area contributed by atoms with Crippen molar-refractivity contribution >= 4 is 21.8 Å². The molecule has 0 aromatic heterocycles. The average molecular weight is 334 g/mol. The SMILES string of the molecule is CSCCCCCCNS(=O)(=O)c1cc(F)ccc1CN. The molecule has 0 unspecified atom stereocenters. The molecule has 7 heteroatoms. The maximum absolute atomic E-state index is 13.2. The van der Waals surface area contributed by atoms with Crippen LogP contribution in [0.4, 0.5) is 4.39 Å². The number of rotatable bonds is 10. The van der Waals surface area contributed by atoms with E-state index in [4.69, 9.17) is 5.73 Å². The first kappa shape index (κ1) is 18.4. The lowest BCUT2D eigenvalue weighted by molar-refractivity contribution is 0.569. The molecule has 0 aliphatic rings. The second-order valence-corrected chi connectivity index (χ2v) is 7.48. The van der Waals surface area contributed by atoms with Crippen molar-refractivity contribution in [2.75, 3.05) is 18.6 Å². The van der Waals surface area contributed by atoms with Crippen molar-refractivity contribution in [2.24, 2.45) is 5.73 Å². The van der Waals surface area contributed by atoms with Crippen LogP contribution in [0, 0.1) is 5.82 Å². The Kier molecular flexibility index (Phi) is 8.24. The molecular weight excluding hydrogens is 311 g/mol.